The second-order valence-corrected chi connectivity index (χ2v) is 9.97. The summed E-state index contributed by atoms with van der Waals surface area (Å²) >= 11 is 0.590. The first-order valence-electron chi connectivity index (χ1n) is 7.22. The van der Waals surface area contributed by atoms with Gasteiger partial charge in [-0.05, 0) is 6.42 Å². The van der Waals surface area contributed by atoms with Gasteiger partial charge in [-0.3, -0.25) is 4.55 Å². The number of thioether (sulfide) groups is 1. The number of nitrogens with zero attached hydrogens (tertiary/aromatic N) is 1. The average Bonchev–Trinajstić information content (AvgIpc) is 2.50. The van der Waals surface area contributed by atoms with Gasteiger partial charge in [0.15, 0.2) is 0 Å². The number of aliphatic hydroxyl groups excluding tert-OH is 4. The first kappa shape index (κ1) is 23.5. The number of aliphatic hydroxyl groups is 4. The molecule has 5 N–H and O–H groups in total. The summed E-state index contributed by atoms with van der Waals surface area (Å²) in [5.74, 6) is -0.243. The van der Waals surface area contributed by atoms with Crippen LogP contribution in [-0.2, 0) is 29.3 Å². The molecule has 0 aromatic heterocycles. The van der Waals surface area contributed by atoms with Crippen LogP contribution in [0.1, 0.15) is 12.8 Å². The second kappa shape index (κ2) is 9.61. The summed E-state index contributed by atoms with van der Waals surface area (Å²) in [6, 6.07) is 0. The van der Waals surface area contributed by atoms with E-state index in [1.54, 1.807) is 0 Å². The summed E-state index contributed by atoms with van der Waals surface area (Å²) in [5, 5.41) is 41.6. The molecule has 0 saturated carbocycles. The van der Waals surface area contributed by atoms with Crippen molar-refractivity contribution in [2.45, 2.75) is 42.7 Å². The fourth-order valence-electron chi connectivity index (χ4n) is 2.00. The molecule has 1 heterocycles. The molecule has 0 spiro atoms. The lowest BCUT2D eigenvalue weighted by molar-refractivity contribution is -0.205. The smallest absolute Gasteiger partial charge is 0.394 e. The van der Waals surface area contributed by atoms with E-state index in [1.807, 2.05) is 0 Å². The standard InChI is InChI=1S/C11H21NO11S3/c1-25(17,18)4-2-3-7(12-23-26(19,20)21)24-11-10(16)9(15)8(14)6(5-13)22-11/h6,8-11,13-16H,2-5H2,1H3,(H,19,20,21)/b12-7+/t6-,8-,9+,10-,11+/m1/s1. The Balaban J connectivity index is 2.88. The summed E-state index contributed by atoms with van der Waals surface area (Å²) < 4.78 is 61.4. The van der Waals surface area contributed by atoms with Crippen molar-refractivity contribution in [2.75, 3.05) is 18.6 Å². The normalized spacial score (nSPS) is 31.0. The minimum Gasteiger partial charge on any atom is -0.394 e. The van der Waals surface area contributed by atoms with Crippen molar-refractivity contribution in [1.82, 2.24) is 0 Å². The van der Waals surface area contributed by atoms with Crippen molar-refractivity contribution < 1.29 is 50.8 Å². The minimum atomic E-state index is -4.91. The lowest BCUT2D eigenvalue weighted by Gasteiger charge is -2.39. The van der Waals surface area contributed by atoms with Gasteiger partial charge < -0.3 is 25.2 Å². The molecule has 0 aromatic carbocycles. The molecule has 0 amide bonds. The van der Waals surface area contributed by atoms with E-state index >= 15 is 0 Å². The predicted molar refractivity (Wildman–Crippen MR) is 90.4 cm³/mol. The molecule has 15 heteroatoms. The zero-order chi connectivity index (χ0) is 20.1. The maximum atomic E-state index is 11.2. The molecule has 1 rings (SSSR count). The number of sulfone groups is 1. The first-order valence-corrected chi connectivity index (χ1v) is 11.5. The van der Waals surface area contributed by atoms with Gasteiger partial charge in [0.25, 0.3) is 0 Å². The van der Waals surface area contributed by atoms with E-state index in [0.717, 1.165) is 6.26 Å². The van der Waals surface area contributed by atoms with E-state index in [-0.39, 0.29) is 23.6 Å². The lowest BCUT2D eigenvalue weighted by Crippen LogP contribution is -2.57. The van der Waals surface area contributed by atoms with Gasteiger partial charge in [0.05, 0.1) is 12.4 Å². The van der Waals surface area contributed by atoms with E-state index < -0.39 is 56.7 Å². The molecule has 12 nitrogen and oxygen atoms in total. The molecule has 0 unspecified atom stereocenters. The first-order chi connectivity index (χ1) is 11.8. The Labute approximate surface area is 154 Å². The largest absolute Gasteiger partial charge is 0.466 e. The van der Waals surface area contributed by atoms with Gasteiger partial charge in [-0.25, -0.2) is 12.7 Å². The fourth-order valence-corrected chi connectivity index (χ4v) is 4.01. The van der Waals surface area contributed by atoms with Gasteiger partial charge >= 0.3 is 10.4 Å². The van der Waals surface area contributed by atoms with Crippen molar-refractivity contribution >= 4 is 37.0 Å². The highest BCUT2D eigenvalue weighted by molar-refractivity contribution is 8.14. The van der Waals surface area contributed by atoms with Crippen LogP contribution in [0.3, 0.4) is 0 Å². The topological polar surface area (TPSA) is 200 Å². The molecule has 1 aliphatic heterocycles. The molecule has 1 aliphatic rings. The van der Waals surface area contributed by atoms with Crippen molar-refractivity contribution in [3.8, 4) is 0 Å². The van der Waals surface area contributed by atoms with E-state index in [9.17, 15) is 32.2 Å². The van der Waals surface area contributed by atoms with Crippen LogP contribution < -0.4 is 0 Å². The van der Waals surface area contributed by atoms with E-state index in [1.165, 1.54) is 0 Å². The number of ether oxygens (including phenoxy) is 1. The predicted octanol–water partition coefficient (Wildman–Crippen LogP) is -2.52. The lowest BCUT2D eigenvalue weighted by atomic mass is 10.0. The van der Waals surface area contributed by atoms with E-state index in [4.69, 9.17) is 14.4 Å². The van der Waals surface area contributed by atoms with Crippen LogP contribution in [0.4, 0.5) is 0 Å². The van der Waals surface area contributed by atoms with Gasteiger partial charge in [-0.15, -0.1) is 0 Å². The quantitative estimate of drug-likeness (QED) is 0.115. The molecule has 26 heavy (non-hydrogen) atoms. The summed E-state index contributed by atoms with van der Waals surface area (Å²) in [4.78, 5) is 0. The van der Waals surface area contributed by atoms with Crippen LogP contribution in [0, 0.1) is 0 Å². The summed E-state index contributed by atoms with van der Waals surface area (Å²) in [6.07, 6.45) is -5.12. The van der Waals surface area contributed by atoms with Crippen molar-refractivity contribution in [2.24, 2.45) is 5.16 Å². The SMILES string of the molecule is CS(=O)(=O)CCC/C(=N\OS(=O)(=O)O)S[C@@H]1O[C@H](CO)[C@@H](O)[C@H](O)[C@H]1O. The van der Waals surface area contributed by atoms with Crippen molar-refractivity contribution in [3.05, 3.63) is 0 Å². The van der Waals surface area contributed by atoms with Gasteiger partial charge in [0, 0.05) is 12.7 Å². The highest BCUT2D eigenvalue weighted by atomic mass is 32.3. The molecule has 0 radical (unpaired) electrons. The molecule has 0 aliphatic carbocycles. The van der Waals surface area contributed by atoms with Gasteiger partial charge in [-0.1, -0.05) is 16.9 Å². The van der Waals surface area contributed by atoms with E-state index in [0.29, 0.717) is 11.8 Å². The summed E-state index contributed by atoms with van der Waals surface area (Å²) in [5.41, 5.74) is -1.27. The number of oxime groups is 1. The van der Waals surface area contributed by atoms with Crippen LogP contribution in [0.2, 0.25) is 0 Å². The minimum absolute atomic E-state index is 0.0247. The maximum Gasteiger partial charge on any atom is 0.466 e. The number of hydrogen-bond acceptors (Lipinski definition) is 12. The summed E-state index contributed by atoms with van der Waals surface area (Å²) in [6.45, 7) is -0.663. The molecular weight excluding hydrogens is 418 g/mol. The second-order valence-electron chi connectivity index (χ2n) is 5.54. The molecular formula is C11H21NO11S3. The average molecular weight is 439 g/mol. The number of rotatable bonds is 8. The molecule has 154 valence electrons. The maximum absolute atomic E-state index is 11.2. The third-order valence-corrected chi connectivity index (χ3v) is 5.71. The Hall–Kier alpha value is -0.520. The van der Waals surface area contributed by atoms with E-state index in [2.05, 4.69) is 9.44 Å². The van der Waals surface area contributed by atoms with Crippen LogP contribution in [0.5, 0.6) is 0 Å². The van der Waals surface area contributed by atoms with Crippen molar-refractivity contribution in [3.63, 3.8) is 0 Å². The van der Waals surface area contributed by atoms with Gasteiger partial charge in [0.1, 0.15) is 44.7 Å². The van der Waals surface area contributed by atoms with Crippen molar-refractivity contribution in [1.29, 1.82) is 0 Å². The Bertz CT molecular complexity index is 690. The van der Waals surface area contributed by atoms with Crippen LogP contribution in [-0.4, -0.2) is 95.3 Å². The third-order valence-electron chi connectivity index (χ3n) is 3.24. The van der Waals surface area contributed by atoms with Crippen LogP contribution in [0.15, 0.2) is 5.16 Å². The fraction of sp³-hybridized carbons (Fsp3) is 0.909. The van der Waals surface area contributed by atoms with Gasteiger partial charge in [0.2, 0.25) is 0 Å². The molecule has 0 aromatic rings. The zero-order valence-corrected chi connectivity index (χ0v) is 16.0. The molecule has 0 bridgehead atoms. The number of hydrogen-bond donors (Lipinski definition) is 5. The highest BCUT2D eigenvalue weighted by Crippen LogP contribution is 2.30. The molecule has 1 fully saturated rings. The Kier molecular flexibility index (Phi) is 8.69. The highest BCUT2D eigenvalue weighted by Gasteiger charge is 2.44. The molecule has 1 saturated heterocycles. The third kappa shape index (κ3) is 8.01. The zero-order valence-electron chi connectivity index (χ0n) is 13.6. The Morgan fingerprint density at radius 3 is 2.27 bits per heavy atom. The van der Waals surface area contributed by atoms with Crippen LogP contribution >= 0.6 is 11.8 Å². The van der Waals surface area contributed by atoms with Gasteiger partial charge in [-0.2, -0.15) is 8.42 Å². The Morgan fingerprint density at radius 1 is 1.15 bits per heavy atom. The monoisotopic (exact) mass is 439 g/mol. The summed E-state index contributed by atoms with van der Waals surface area (Å²) in [7, 11) is -8.21. The molecule has 5 atom stereocenters. The van der Waals surface area contributed by atoms with Crippen LogP contribution in [0.25, 0.3) is 0 Å². The Morgan fingerprint density at radius 2 is 1.77 bits per heavy atom.